The van der Waals surface area contributed by atoms with Crippen LogP contribution in [0.3, 0.4) is 0 Å². The Balaban J connectivity index is 0.000000216. The first-order chi connectivity index (χ1) is 14.3. The molecule has 0 aliphatic heterocycles. The van der Waals surface area contributed by atoms with Crippen LogP contribution in [-0.4, -0.2) is 22.2 Å². The number of nitrogens with two attached hydrogens (primary N) is 1. The number of carbonyl (C=O) groups is 2. The van der Waals surface area contributed by atoms with Gasteiger partial charge in [0.15, 0.2) is 0 Å². The molecule has 0 fully saturated rings. The number of rotatable bonds is 5. The van der Waals surface area contributed by atoms with Crippen molar-refractivity contribution in [3.63, 3.8) is 0 Å². The van der Waals surface area contributed by atoms with Crippen LogP contribution >= 0.6 is 0 Å². The molecule has 7 heteroatoms. The SMILES string of the molecule is Cc1cccc(N=Nc2ccccc2)c1C.NCc1ccc(C(=O)O)cc1C(=O)O. The lowest BCUT2D eigenvalue weighted by Crippen LogP contribution is -2.09. The van der Waals surface area contributed by atoms with E-state index in [0.29, 0.717) is 5.56 Å². The Bertz CT molecular complexity index is 1060. The van der Waals surface area contributed by atoms with Gasteiger partial charge < -0.3 is 15.9 Å². The lowest BCUT2D eigenvalue weighted by Gasteiger charge is -2.03. The van der Waals surface area contributed by atoms with Crippen molar-refractivity contribution in [2.45, 2.75) is 20.4 Å². The molecule has 0 saturated heterocycles. The number of aryl methyl sites for hydroxylation is 1. The molecule has 0 radical (unpaired) electrons. The molecule has 30 heavy (non-hydrogen) atoms. The highest BCUT2D eigenvalue weighted by molar-refractivity contribution is 5.94. The summed E-state index contributed by atoms with van der Waals surface area (Å²) in [6.07, 6.45) is 0. The van der Waals surface area contributed by atoms with Gasteiger partial charge in [-0.3, -0.25) is 0 Å². The minimum absolute atomic E-state index is 0.0559. The van der Waals surface area contributed by atoms with Crippen molar-refractivity contribution in [1.29, 1.82) is 0 Å². The van der Waals surface area contributed by atoms with E-state index in [0.717, 1.165) is 17.4 Å². The smallest absolute Gasteiger partial charge is 0.336 e. The fraction of sp³-hybridized carbons (Fsp3) is 0.130. The molecule has 3 rings (SSSR count). The Labute approximate surface area is 174 Å². The molecular formula is C23H23N3O4. The van der Waals surface area contributed by atoms with Gasteiger partial charge in [-0.1, -0.05) is 36.4 Å². The highest BCUT2D eigenvalue weighted by Crippen LogP contribution is 2.23. The molecule has 0 aromatic heterocycles. The third-order valence-electron chi connectivity index (χ3n) is 4.41. The van der Waals surface area contributed by atoms with Crippen LogP contribution in [0.5, 0.6) is 0 Å². The maximum atomic E-state index is 10.7. The molecule has 3 aromatic carbocycles. The number of benzene rings is 3. The molecule has 0 aliphatic carbocycles. The molecule has 0 atom stereocenters. The van der Waals surface area contributed by atoms with E-state index in [9.17, 15) is 9.59 Å². The zero-order valence-corrected chi connectivity index (χ0v) is 16.7. The lowest BCUT2D eigenvalue weighted by molar-refractivity contribution is 0.0695. The summed E-state index contributed by atoms with van der Waals surface area (Å²) in [6, 6.07) is 19.7. The van der Waals surface area contributed by atoms with Gasteiger partial charge in [0.1, 0.15) is 0 Å². The minimum atomic E-state index is -1.17. The molecule has 154 valence electrons. The summed E-state index contributed by atoms with van der Waals surface area (Å²) < 4.78 is 0. The number of aromatic carboxylic acids is 2. The van der Waals surface area contributed by atoms with Crippen molar-refractivity contribution in [3.8, 4) is 0 Å². The van der Waals surface area contributed by atoms with E-state index >= 15 is 0 Å². The molecule has 0 saturated carbocycles. The van der Waals surface area contributed by atoms with Crippen LogP contribution < -0.4 is 5.73 Å². The van der Waals surface area contributed by atoms with E-state index in [-0.39, 0.29) is 17.7 Å². The van der Waals surface area contributed by atoms with Crippen molar-refractivity contribution >= 4 is 23.3 Å². The van der Waals surface area contributed by atoms with Gasteiger partial charge in [-0.25, -0.2) is 9.59 Å². The van der Waals surface area contributed by atoms with Crippen LogP contribution in [0, 0.1) is 13.8 Å². The Kier molecular flexibility index (Phi) is 7.96. The summed E-state index contributed by atoms with van der Waals surface area (Å²) >= 11 is 0. The largest absolute Gasteiger partial charge is 0.478 e. The highest BCUT2D eigenvalue weighted by atomic mass is 16.4. The van der Waals surface area contributed by atoms with E-state index in [1.165, 1.54) is 23.3 Å². The first-order valence-corrected chi connectivity index (χ1v) is 9.16. The topological polar surface area (TPSA) is 125 Å². The fourth-order valence-electron chi connectivity index (χ4n) is 2.54. The molecule has 7 nitrogen and oxygen atoms in total. The highest BCUT2D eigenvalue weighted by Gasteiger charge is 2.12. The number of nitrogens with zero attached hydrogens (tertiary/aromatic N) is 2. The first-order valence-electron chi connectivity index (χ1n) is 9.16. The average Bonchev–Trinajstić information content (AvgIpc) is 2.75. The fourth-order valence-corrected chi connectivity index (χ4v) is 2.54. The molecule has 0 heterocycles. The van der Waals surface area contributed by atoms with Gasteiger partial charge in [0, 0.05) is 6.54 Å². The molecule has 0 unspecified atom stereocenters. The molecule has 3 aromatic rings. The second kappa shape index (κ2) is 10.6. The summed E-state index contributed by atoms with van der Waals surface area (Å²) in [4.78, 5) is 21.3. The summed E-state index contributed by atoms with van der Waals surface area (Å²) in [5.41, 5.74) is 9.84. The Morgan fingerprint density at radius 1 is 0.867 bits per heavy atom. The molecule has 0 aliphatic rings. The van der Waals surface area contributed by atoms with E-state index in [2.05, 4.69) is 30.1 Å². The second-order valence-electron chi connectivity index (χ2n) is 6.44. The lowest BCUT2D eigenvalue weighted by atomic mass is 10.0. The summed E-state index contributed by atoms with van der Waals surface area (Å²) in [6.45, 7) is 4.22. The van der Waals surface area contributed by atoms with Crippen LogP contribution in [0.4, 0.5) is 11.4 Å². The van der Waals surface area contributed by atoms with E-state index in [1.54, 1.807) is 0 Å². The number of carboxylic acids is 2. The van der Waals surface area contributed by atoms with Crippen molar-refractivity contribution < 1.29 is 19.8 Å². The number of hydrogen-bond acceptors (Lipinski definition) is 5. The van der Waals surface area contributed by atoms with Crippen molar-refractivity contribution in [3.05, 3.63) is 94.5 Å². The zero-order valence-electron chi connectivity index (χ0n) is 16.7. The van der Waals surface area contributed by atoms with E-state index in [4.69, 9.17) is 15.9 Å². The zero-order chi connectivity index (χ0) is 22.1. The predicted octanol–water partition coefficient (Wildman–Crippen LogP) is 5.26. The number of hydrogen-bond donors (Lipinski definition) is 3. The van der Waals surface area contributed by atoms with Crippen molar-refractivity contribution in [2.24, 2.45) is 16.0 Å². The molecule has 4 N–H and O–H groups in total. The van der Waals surface area contributed by atoms with Gasteiger partial charge >= 0.3 is 11.9 Å². The summed E-state index contributed by atoms with van der Waals surface area (Å²) in [5.74, 6) is -2.33. The van der Waals surface area contributed by atoms with Gasteiger partial charge in [0.25, 0.3) is 0 Å². The van der Waals surface area contributed by atoms with Gasteiger partial charge in [-0.05, 0) is 60.9 Å². The van der Waals surface area contributed by atoms with E-state index < -0.39 is 11.9 Å². The van der Waals surface area contributed by atoms with Crippen LogP contribution in [0.1, 0.15) is 37.4 Å². The quantitative estimate of drug-likeness (QED) is 0.499. The van der Waals surface area contributed by atoms with Crippen LogP contribution in [0.2, 0.25) is 0 Å². The predicted molar refractivity (Wildman–Crippen MR) is 115 cm³/mol. The minimum Gasteiger partial charge on any atom is -0.478 e. The third kappa shape index (κ3) is 6.08. The van der Waals surface area contributed by atoms with Crippen LogP contribution in [-0.2, 0) is 6.54 Å². The van der Waals surface area contributed by atoms with Crippen molar-refractivity contribution in [2.75, 3.05) is 0 Å². The van der Waals surface area contributed by atoms with Crippen molar-refractivity contribution in [1.82, 2.24) is 0 Å². The summed E-state index contributed by atoms with van der Waals surface area (Å²) in [5, 5.41) is 25.9. The number of azo groups is 1. The summed E-state index contributed by atoms with van der Waals surface area (Å²) in [7, 11) is 0. The molecule has 0 bridgehead atoms. The standard InChI is InChI=1S/C14H14N2.C9H9NO4/c1-11-7-6-10-14(12(11)2)16-15-13-8-4-3-5-9-13;10-4-6-2-1-5(8(11)12)3-7(6)9(13)14/h3-10H,1-2H3;1-3H,4,10H2,(H,11,12)(H,13,14). The average molecular weight is 405 g/mol. The second-order valence-corrected chi connectivity index (χ2v) is 6.44. The van der Waals surface area contributed by atoms with E-state index in [1.807, 2.05) is 42.5 Å². The maximum Gasteiger partial charge on any atom is 0.336 e. The van der Waals surface area contributed by atoms with Crippen LogP contribution in [0.25, 0.3) is 0 Å². The van der Waals surface area contributed by atoms with Gasteiger partial charge in [-0.2, -0.15) is 10.2 Å². The molecule has 0 amide bonds. The Hall–Kier alpha value is -3.84. The maximum absolute atomic E-state index is 10.7. The molecular weight excluding hydrogens is 382 g/mol. The van der Waals surface area contributed by atoms with Gasteiger partial charge in [-0.15, -0.1) is 0 Å². The monoisotopic (exact) mass is 405 g/mol. The van der Waals surface area contributed by atoms with Crippen LogP contribution in [0.15, 0.2) is 77.0 Å². The normalized spacial score (nSPS) is 10.4. The number of carboxylic acid groups (broad SMARTS) is 2. The first kappa shape index (κ1) is 22.4. The molecule has 0 spiro atoms. The Morgan fingerprint density at radius 3 is 2.17 bits per heavy atom. The van der Waals surface area contributed by atoms with Gasteiger partial charge in [0.05, 0.1) is 22.5 Å². The van der Waals surface area contributed by atoms with Gasteiger partial charge in [0.2, 0.25) is 0 Å². The Morgan fingerprint density at radius 2 is 1.57 bits per heavy atom. The third-order valence-corrected chi connectivity index (χ3v) is 4.41.